The Morgan fingerprint density at radius 1 is 1.50 bits per heavy atom. The van der Waals surface area contributed by atoms with E-state index in [1.807, 2.05) is 6.07 Å². The van der Waals surface area contributed by atoms with Crippen molar-refractivity contribution >= 4 is 11.7 Å². The molecule has 102 valence electrons. The lowest BCUT2D eigenvalue weighted by Crippen LogP contribution is -2.17. The topological polar surface area (TPSA) is 70.7 Å². The average molecular weight is 272 g/mol. The molecule has 5 nitrogen and oxygen atoms in total. The molecule has 20 heavy (non-hydrogen) atoms. The van der Waals surface area contributed by atoms with E-state index in [1.165, 1.54) is 22.9 Å². The molecule has 1 amide bonds. The van der Waals surface area contributed by atoms with Gasteiger partial charge < -0.3 is 5.32 Å². The molecular weight excluding hydrogens is 259 g/mol. The number of rotatable bonds is 4. The molecule has 0 unspecified atom stereocenters. The van der Waals surface area contributed by atoms with Crippen LogP contribution in [0.25, 0.3) is 0 Å². The molecule has 1 aromatic heterocycles. The SMILES string of the molecule is Cc1cc(NC(=O)c2ccccc2F)n(CCC#N)n1. The normalized spacial score (nSPS) is 10.1. The molecule has 0 aliphatic carbocycles. The lowest BCUT2D eigenvalue weighted by atomic mass is 10.2. The number of nitriles is 1. The van der Waals surface area contributed by atoms with E-state index in [-0.39, 0.29) is 12.0 Å². The molecule has 2 rings (SSSR count). The van der Waals surface area contributed by atoms with Crippen LogP contribution in [-0.2, 0) is 6.54 Å². The van der Waals surface area contributed by atoms with Crippen molar-refractivity contribution in [3.63, 3.8) is 0 Å². The molecule has 0 saturated carbocycles. The average Bonchev–Trinajstić information content (AvgIpc) is 2.76. The second-order valence-corrected chi connectivity index (χ2v) is 4.24. The van der Waals surface area contributed by atoms with Crippen molar-refractivity contribution in [3.8, 4) is 6.07 Å². The zero-order valence-corrected chi connectivity index (χ0v) is 10.9. The second kappa shape index (κ2) is 5.97. The summed E-state index contributed by atoms with van der Waals surface area (Å²) in [5.41, 5.74) is 0.685. The molecule has 6 heteroatoms. The van der Waals surface area contributed by atoms with Crippen LogP contribution in [0.3, 0.4) is 0 Å². The van der Waals surface area contributed by atoms with Crippen LogP contribution in [0.5, 0.6) is 0 Å². The summed E-state index contributed by atoms with van der Waals surface area (Å²) in [5, 5.41) is 15.4. The predicted octanol–water partition coefficient (Wildman–Crippen LogP) is 2.50. The van der Waals surface area contributed by atoms with Gasteiger partial charge in [-0.3, -0.25) is 4.79 Å². The van der Waals surface area contributed by atoms with Crippen molar-refractivity contribution in [3.05, 3.63) is 47.4 Å². The highest BCUT2D eigenvalue weighted by Crippen LogP contribution is 2.14. The van der Waals surface area contributed by atoms with E-state index >= 15 is 0 Å². The Bertz CT molecular complexity index is 672. The number of nitrogens with zero attached hydrogens (tertiary/aromatic N) is 3. The number of amides is 1. The largest absolute Gasteiger partial charge is 0.307 e. The molecule has 0 bridgehead atoms. The van der Waals surface area contributed by atoms with Crippen LogP contribution in [0.15, 0.2) is 30.3 Å². The molecule has 0 radical (unpaired) electrons. The minimum absolute atomic E-state index is 0.0295. The van der Waals surface area contributed by atoms with E-state index in [9.17, 15) is 9.18 Å². The number of carbonyl (C=O) groups excluding carboxylic acids is 1. The first-order valence-electron chi connectivity index (χ1n) is 6.09. The van der Waals surface area contributed by atoms with Gasteiger partial charge in [0.05, 0.1) is 30.3 Å². The van der Waals surface area contributed by atoms with E-state index in [1.54, 1.807) is 19.1 Å². The van der Waals surface area contributed by atoms with Crippen molar-refractivity contribution in [1.29, 1.82) is 5.26 Å². The lowest BCUT2D eigenvalue weighted by Gasteiger charge is -2.07. The van der Waals surface area contributed by atoms with Crippen LogP contribution in [0.4, 0.5) is 10.2 Å². The van der Waals surface area contributed by atoms with Crippen LogP contribution in [0.2, 0.25) is 0 Å². The molecule has 1 aromatic carbocycles. The number of hydrogen-bond acceptors (Lipinski definition) is 3. The Morgan fingerprint density at radius 2 is 2.25 bits per heavy atom. The van der Waals surface area contributed by atoms with Gasteiger partial charge in [0.25, 0.3) is 5.91 Å². The Kier molecular flexibility index (Phi) is 4.11. The van der Waals surface area contributed by atoms with Gasteiger partial charge in [0, 0.05) is 6.07 Å². The van der Waals surface area contributed by atoms with Crippen molar-refractivity contribution in [2.75, 3.05) is 5.32 Å². The van der Waals surface area contributed by atoms with Crippen molar-refractivity contribution in [2.24, 2.45) is 0 Å². The lowest BCUT2D eigenvalue weighted by molar-refractivity contribution is 0.102. The van der Waals surface area contributed by atoms with E-state index in [2.05, 4.69) is 10.4 Å². The summed E-state index contributed by atoms with van der Waals surface area (Å²) in [5.74, 6) is -0.669. The minimum atomic E-state index is -0.579. The Morgan fingerprint density at radius 3 is 2.95 bits per heavy atom. The monoisotopic (exact) mass is 272 g/mol. The summed E-state index contributed by atoms with van der Waals surface area (Å²) < 4.78 is 15.0. The smallest absolute Gasteiger partial charge is 0.259 e. The van der Waals surface area contributed by atoms with Gasteiger partial charge in [-0.1, -0.05) is 12.1 Å². The molecule has 0 aliphatic rings. The standard InChI is InChI=1S/C14H13FN4O/c1-10-9-13(19(18-10)8-4-7-16)17-14(20)11-5-2-3-6-12(11)15/h2-3,5-6,9H,4,8H2,1H3,(H,17,20). The van der Waals surface area contributed by atoms with Crippen LogP contribution in [0.1, 0.15) is 22.5 Å². The zero-order valence-electron chi connectivity index (χ0n) is 10.9. The number of aromatic nitrogens is 2. The van der Waals surface area contributed by atoms with Gasteiger partial charge in [-0.05, 0) is 19.1 Å². The fourth-order valence-electron chi connectivity index (χ4n) is 1.80. The maximum atomic E-state index is 13.5. The Balaban J connectivity index is 2.20. The summed E-state index contributed by atoms with van der Waals surface area (Å²) in [6.07, 6.45) is 0.281. The highest BCUT2D eigenvalue weighted by Gasteiger charge is 2.14. The van der Waals surface area contributed by atoms with Crippen LogP contribution in [-0.4, -0.2) is 15.7 Å². The maximum Gasteiger partial charge on any atom is 0.259 e. The molecule has 0 aliphatic heterocycles. The summed E-state index contributed by atoms with van der Waals surface area (Å²) in [6.45, 7) is 2.15. The third kappa shape index (κ3) is 3.01. The van der Waals surface area contributed by atoms with Gasteiger partial charge in [-0.2, -0.15) is 10.4 Å². The van der Waals surface area contributed by atoms with Gasteiger partial charge >= 0.3 is 0 Å². The van der Waals surface area contributed by atoms with Crippen LogP contribution in [0, 0.1) is 24.1 Å². The summed E-state index contributed by atoms with van der Waals surface area (Å²) in [4.78, 5) is 12.0. The van der Waals surface area contributed by atoms with Crippen molar-refractivity contribution in [1.82, 2.24) is 9.78 Å². The highest BCUT2D eigenvalue weighted by molar-refractivity contribution is 6.04. The van der Waals surface area contributed by atoms with E-state index in [0.29, 0.717) is 18.1 Å². The van der Waals surface area contributed by atoms with Crippen molar-refractivity contribution in [2.45, 2.75) is 19.9 Å². The molecule has 0 atom stereocenters. The molecule has 1 heterocycles. The zero-order chi connectivity index (χ0) is 14.5. The fraction of sp³-hybridized carbons (Fsp3) is 0.214. The summed E-state index contributed by atoms with van der Waals surface area (Å²) in [6, 6.07) is 9.44. The third-order valence-electron chi connectivity index (χ3n) is 2.70. The predicted molar refractivity (Wildman–Crippen MR) is 71.5 cm³/mol. The van der Waals surface area contributed by atoms with Crippen molar-refractivity contribution < 1.29 is 9.18 Å². The molecule has 0 fully saturated rings. The molecular formula is C14H13FN4O. The van der Waals surface area contributed by atoms with Gasteiger partial charge in [-0.25, -0.2) is 9.07 Å². The number of aryl methyl sites for hydroxylation is 2. The maximum absolute atomic E-state index is 13.5. The fourth-order valence-corrected chi connectivity index (χ4v) is 1.80. The minimum Gasteiger partial charge on any atom is -0.307 e. The number of anilines is 1. The molecule has 0 spiro atoms. The quantitative estimate of drug-likeness (QED) is 0.929. The Labute approximate surface area is 115 Å². The van der Waals surface area contributed by atoms with Gasteiger partial charge in [0.2, 0.25) is 0 Å². The van der Waals surface area contributed by atoms with E-state index in [4.69, 9.17) is 5.26 Å². The summed E-state index contributed by atoms with van der Waals surface area (Å²) in [7, 11) is 0. The van der Waals surface area contributed by atoms with Gasteiger partial charge in [-0.15, -0.1) is 0 Å². The first kappa shape index (κ1) is 13.7. The third-order valence-corrected chi connectivity index (χ3v) is 2.70. The number of hydrogen-bond donors (Lipinski definition) is 1. The highest BCUT2D eigenvalue weighted by atomic mass is 19.1. The molecule has 0 saturated heterocycles. The van der Waals surface area contributed by atoms with Gasteiger partial charge in [0.15, 0.2) is 0 Å². The first-order chi connectivity index (χ1) is 9.61. The van der Waals surface area contributed by atoms with Gasteiger partial charge in [0.1, 0.15) is 11.6 Å². The van der Waals surface area contributed by atoms with E-state index in [0.717, 1.165) is 0 Å². The number of benzene rings is 1. The number of nitrogens with one attached hydrogen (secondary N) is 1. The van der Waals surface area contributed by atoms with Crippen LogP contribution >= 0.6 is 0 Å². The second-order valence-electron chi connectivity index (χ2n) is 4.24. The molecule has 2 aromatic rings. The number of carbonyl (C=O) groups is 1. The number of halogens is 1. The van der Waals surface area contributed by atoms with E-state index < -0.39 is 11.7 Å². The first-order valence-corrected chi connectivity index (χ1v) is 6.09. The van der Waals surface area contributed by atoms with Crippen LogP contribution < -0.4 is 5.32 Å². The molecule has 1 N–H and O–H groups in total. The summed E-state index contributed by atoms with van der Waals surface area (Å²) >= 11 is 0. The Hall–Kier alpha value is -2.68.